The highest BCUT2D eigenvalue weighted by Gasteiger charge is 2.37. The molecule has 5 heteroatoms. The average Bonchev–Trinajstić information content (AvgIpc) is 2.67. The fourth-order valence-corrected chi connectivity index (χ4v) is 4.39. The molecule has 1 saturated heterocycles. The van der Waals surface area contributed by atoms with Crippen molar-refractivity contribution in [2.24, 2.45) is 11.7 Å². The van der Waals surface area contributed by atoms with Crippen LogP contribution >= 0.6 is 0 Å². The molecule has 1 aliphatic carbocycles. The molecule has 2 unspecified atom stereocenters. The van der Waals surface area contributed by atoms with Gasteiger partial charge in [0, 0.05) is 44.8 Å². The molecule has 0 bridgehead atoms. The van der Waals surface area contributed by atoms with Gasteiger partial charge in [0.05, 0.1) is 5.92 Å². The molecule has 2 fully saturated rings. The molecule has 1 aliphatic heterocycles. The molecule has 3 rings (SSSR count). The summed E-state index contributed by atoms with van der Waals surface area (Å²) in [7, 11) is 0. The van der Waals surface area contributed by atoms with E-state index in [1.54, 1.807) is 0 Å². The number of nitrogens with two attached hydrogens (primary N) is 1. The summed E-state index contributed by atoms with van der Waals surface area (Å²) in [5.74, 6) is 0.0462. The van der Waals surface area contributed by atoms with Crippen LogP contribution in [0.4, 0.5) is 0 Å². The van der Waals surface area contributed by atoms with Gasteiger partial charge in [0.2, 0.25) is 5.91 Å². The topological polar surface area (TPSA) is 61.6 Å². The SMILES string of the molecule is CCN1CCN(Cc2ccc(CNC(=O)C3CCCCC3(C)N)cc2)CC1. The van der Waals surface area contributed by atoms with Gasteiger partial charge >= 0.3 is 0 Å². The summed E-state index contributed by atoms with van der Waals surface area (Å²) in [6, 6.07) is 8.67. The summed E-state index contributed by atoms with van der Waals surface area (Å²) < 4.78 is 0. The Morgan fingerprint density at radius 3 is 2.37 bits per heavy atom. The van der Waals surface area contributed by atoms with Crippen LogP contribution in [-0.4, -0.2) is 54.0 Å². The molecular weight excluding hydrogens is 336 g/mol. The van der Waals surface area contributed by atoms with Crippen molar-refractivity contribution in [3.63, 3.8) is 0 Å². The van der Waals surface area contributed by atoms with Crippen LogP contribution in [0.5, 0.6) is 0 Å². The minimum Gasteiger partial charge on any atom is -0.352 e. The molecule has 3 N–H and O–H groups in total. The monoisotopic (exact) mass is 372 g/mol. The Bertz CT molecular complexity index is 605. The van der Waals surface area contributed by atoms with E-state index in [0.29, 0.717) is 6.54 Å². The molecule has 1 heterocycles. The van der Waals surface area contributed by atoms with Gasteiger partial charge in [-0.15, -0.1) is 0 Å². The lowest BCUT2D eigenvalue weighted by atomic mass is 9.74. The smallest absolute Gasteiger partial charge is 0.225 e. The standard InChI is InChI=1S/C22H36N4O/c1-3-25-12-14-26(15-13-25)17-19-9-7-18(8-10-19)16-24-21(27)20-6-4-5-11-22(20,2)23/h7-10,20H,3-6,11-17,23H2,1-2H3,(H,24,27). The Labute approximate surface area is 164 Å². The number of hydrogen-bond donors (Lipinski definition) is 2. The van der Waals surface area contributed by atoms with Gasteiger partial charge in [0.15, 0.2) is 0 Å². The van der Waals surface area contributed by atoms with Gasteiger partial charge in [-0.05, 0) is 37.4 Å². The van der Waals surface area contributed by atoms with Crippen molar-refractivity contribution >= 4 is 5.91 Å². The van der Waals surface area contributed by atoms with Crippen molar-refractivity contribution in [1.29, 1.82) is 0 Å². The second-order valence-corrected chi connectivity index (χ2v) is 8.55. The van der Waals surface area contributed by atoms with Crippen molar-refractivity contribution in [2.45, 2.75) is 58.2 Å². The molecule has 150 valence electrons. The van der Waals surface area contributed by atoms with Crippen LogP contribution in [0.15, 0.2) is 24.3 Å². The van der Waals surface area contributed by atoms with E-state index in [4.69, 9.17) is 5.73 Å². The predicted octanol–water partition coefficient (Wildman–Crippen LogP) is 2.35. The summed E-state index contributed by atoms with van der Waals surface area (Å²) in [4.78, 5) is 17.6. The Morgan fingerprint density at radius 1 is 1.11 bits per heavy atom. The zero-order valence-corrected chi connectivity index (χ0v) is 17.0. The van der Waals surface area contributed by atoms with Crippen LogP contribution in [0.3, 0.4) is 0 Å². The fourth-order valence-electron chi connectivity index (χ4n) is 4.39. The molecule has 1 aromatic carbocycles. The summed E-state index contributed by atoms with van der Waals surface area (Å²) in [6.45, 7) is 11.6. The number of hydrogen-bond acceptors (Lipinski definition) is 4. The van der Waals surface area contributed by atoms with E-state index in [-0.39, 0.29) is 17.4 Å². The highest BCUT2D eigenvalue weighted by atomic mass is 16.1. The zero-order chi connectivity index (χ0) is 19.3. The molecule has 0 spiro atoms. The number of carbonyl (C=O) groups excluding carboxylic acids is 1. The lowest BCUT2D eigenvalue weighted by molar-refractivity contribution is -0.128. The second kappa shape index (κ2) is 9.18. The van der Waals surface area contributed by atoms with E-state index in [0.717, 1.165) is 57.4 Å². The maximum atomic E-state index is 12.6. The van der Waals surface area contributed by atoms with Crippen LogP contribution in [0.1, 0.15) is 50.7 Å². The van der Waals surface area contributed by atoms with E-state index < -0.39 is 0 Å². The van der Waals surface area contributed by atoms with E-state index in [1.165, 1.54) is 18.7 Å². The summed E-state index contributed by atoms with van der Waals surface area (Å²) >= 11 is 0. The lowest BCUT2D eigenvalue weighted by Gasteiger charge is -2.37. The van der Waals surface area contributed by atoms with Gasteiger partial charge in [-0.25, -0.2) is 0 Å². The second-order valence-electron chi connectivity index (χ2n) is 8.55. The Hall–Kier alpha value is -1.43. The number of piperazine rings is 1. The summed E-state index contributed by atoms with van der Waals surface area (Å²) in [5.41, 5.74) is 8.48. The maximum Gasteiger partial charge on any atom is 0.225 e. The van der Waals surface area contributed by atoms with Crippen molar-refractivity contribution < 1.29 is 4.79 Å². The van der Waals surface area contributed by atoms with E-state index >= 15 is 0 Å². The third-order valence-corrected chi connectivity index (χ3v) is 6.38. The molecule has 5 nitrogen and oxygen atoms in total. The lowest BCUT2D eigenvalue weighted by Crippen LogP contribution is -2.52. The number of carbonyl (C=O) groups is 1. The van der Waals surface area contributed by atoms with Gasteiger partial charge < -0.3 is 16.0 Å². The number of nitrogens with zero attached hydrogens (tertiary/aromatic N) is 2. The number of amides is 1. The summed E-state index contributed by atoms with van der Waals surface area (Å²) in [6.07, 6.45) is 4.08. The van der Waals surface area contributed by atoms with E-state index in [9.17, 15) is 4.79 Å². The largest absolute Gasteiger partial charge is 0.352 e. The molecule has 0 radical (unpaired) electrons. The molecule has 1 saturated carbocycles. The maximum absolute atomic E-state index is 12.6. The molecule has 2 aliphatic rings. The van der Waals surface area contributed by atoms with Crippen LogP contribution < -0.4 is 11.1 Å². The fraction of sp³-hybridized carbons (Fsp3) is 0.682. The molecule has 0 aromatic heterocycles. The van der Waals surface area contributed by atoms with Gasteiger partial charge in [0.25, 0.3) is 0 Å². The summed E-state index contributed by atoms with van der Waals surface area (Å²) in [5, 5.41) is 3.10. The molecular formula is C22H36N4O. The molecule has 1 aromatic rings. The third kappa shape index (κ3) is 5.53. The number of nitrogens with one attached hydrogen (secondary N) is 1. The van der Waals surface area contributed by atoms with Crippen LogP contribution in [-0.2, 0) is 17.9 Å². The highest BCUT2D eigenvalue weighted by Crippen LogP contribution is 2.31. The van der Waals surface area contributed by atoms with Crippen molar-refractivity contribution in [3.8, 4) is 0 Å². The number of benzene rings is 1. The first-order chi connectivity index (χ1) is 13.0. The Balaban J connectivity index is 1.46. The molecule has 2 atom stereocenters. The normalized spacial score (nSPS) is 27.4. The average molecular weight is 373 g/mol. The van der Waals surface area contributed by atoms with Crippen LogP contribution in [0, 0.1) is 5.92 Å². The quantitative estimate of drug-likeness (QED) is 0.805. The van der Waals surface area contributed by atoms with Gasteiger partial charge in [-0.2, -0.15) is 0 Å². The van der Waals surface area contributed by atoms with Crippen LogP contribution in [0.2, 0.25) is 0 Å². The number of likely N-dealkylation sites (N-methyl/N-ethyl adjacent to an activating group) is 1. The van der Waals surface area contributed by atoms with Gasteiger partial charge in [-0.3, -0.25) is 9.69 Å². The third-order valence-electron chi connectivity index (χ3n) is 6.38. The Kier molecular flexibility index (Phi) is 6.90. The van der Waals surface area contributed by atoms with Crippen molar-refractivity contribution in [1.82, 2.24) is 15.1 Å². The van der Waals surface area contributed by atoms with E-state index in [1.807, 2.05) is 6.92 Å². The van der Waals surface area contributed by atoms with Crippen molar-refractivity contribution in [3.05, 3.63) is 35.4 Å². The van der Waals surface area contributed by atoms with E-state index in [2.05, 4.69) is 46.3 Å². The predicted molar refractivity (Wildman–Crippen MR) is 110 cm³/mol. The Morgan fingerprint density at radius 2 is 1.74 bits per heavy atom. The first kappa shape index (κ1) is 20.3. The van der Waals surface area contributed by atoms with Gasteiger partial charge in [0.1, 0.15) is 0 Å². The van der Waals surface area contributed by atoms with Gasteiger partial charge in [-0.1, -0.05) is 44.0 Å². The number of rotatable bonds is 6. The zero-order valence-electron chi connectivity index (χ0n) is 17.0. The first-order valence-corrected chi connectivity index (χ1v) is 10.6. The van der Waals surface area contributed by atoms with Crippen LogP contribution in [0.25, 0.3) is 0 Å². The first-order valence-electron chi connectivity index (χ1n) is 10.6. The molecule has 1 amide bonds. The minimum atomic E-state index is -0.367. The van der Waals surface area contributed by atoms with Crippen molar-refractivity contribution in [2.75, 3.05) is 32.7 Å². The highest BCUT2D eigenvalue weighted by molar-refractivity contribution is 5.80. The molecule has 27 heavy (non-hydrogen) atoms. The minimum absolute atomic E-state index is 0.0627.